The number of rotatable bonds is 5. The predicted octanol–water partition coefficient (Wildman–Crippen LogP) is 2.26. The molecule has 0 bridgehead atoms. The van der Waals surface area contributed by atoms with Crippen molar-refractivity contribution in [3.8, 4) is 22.5 Å². The molecule has 0 aliphatic carbocycles. The second kappa shape index (κ2) is 9.81. The van der Waals surface area contributed by atoms with E-state index >= 15 is 0 Å². The van der Waals surface area contributed by atoms with Crippen LogP contribution in [0, 0.1) is 0 Å². The average molecular weight is 513 g/mol. The Morgan fingerprint density at radius 1 is 0.974 bits per heavy atom. The summed E-state index contributed by atoms with van der Waals surface area (Å²) in [5.74, 6) is -0.849. The number of nitrogens with one attached hydrogen (secondary N) is 1. The van der Waals surface area contributed by atoms with Gasteiger partial charge in [0, 0.05) is 69.4 Å². The Balaban J connectivity index is 1.26. The summed E-state index contributed by atoms with van der Waals surface area (Å²) in [5, 5.41) is 2.36. The normalized spacial score (nSPS) is 20.6. The number of likely N-dealkylation sites (N-methyl/N-ethyl adjacent to an activating group) is 1. The van der Waals surface area contributed by atoms with Gasteiger partial charge in [0.1, 0.15) is 6.04 Å². The molecule has 3 amide bonds. The molecule has 6 rings (SSSR count). The Bertz CT molecular complexity index is 1420. The van der Waals surface area contributed by atoms with Gasteiger partial charge in [-0.25, -0.2) is 4.98 Å². The summed E-state index contributed by atoms with van der Waals surface area (Å²) in [6, 6.07) is 13.8. The van der Waals surface area contributed by atoms with Crippen molar-refractivity contribution in [2.45, 2.75) is 32.0 Å². The molecule has 3 aliphatic heterocycles. The van der Waals surface area contributed by atoms with E-state index < -0.39 is 11.9 Å². The summed E-state index contributed by atoms with van der Waals surface area (Å²) in [6.07, 6.45) is 2.42. The van der Waals surface area contributed by atoms with Gasteiger partial charge in [-0.15, -0.1) is 0 Å². The molecule has 2 fully saturated rings. The second-order valence-corrected chi connectivity index (χ2v) is 10.6. The minimum absolute atomic E-state index is 0.168. The fourth-order valence-electron chi connectivity index (χ4n) is 5.78. The summed E-state index contributed by atoms with van der Waals surface area (Å²) < 4.78 is 2.04. The zero-order valence-corrected chi connectivity index (χ0v) is 21.8. The molecule has 0 saturated carbocycles. The molecular weight excluding hydrogens is 480 g/mol. The van der Waals surface area contributed by atoms with E-state index in [1.54, 1.807) is 4.90 Å². The van der Waals surface area contributed by atoms with E-state index in [1.807, 2.05) is 36.1 Å². The molecule has 1 atom stereocenters. The fourth-order valence-corrected chi connectivity index (χ4v) is 5.78. The third-order valence-corrected chi connectivity index (χ3v) is 7.94. The van der Waals surface area contributed by atoms with Gasteiger partial charge in [0.15, 0.2) is 0 Å². The van der Waals surface area contributed by atoms with Gasteiger partial charge in [0.2, 0.25) is 11.8 Å². The number of hydrogen-bond donors (Lipinski definition) is 1. The number of hydrogen-bond acceptors (Lipinski definition) is 6. The van der Waals surface area contributed by atoms with Gasteiger partial charge in [-0.05, 0) is 42.8 Å². The quantitative estimate of drug-likeness (QED) is 0.528. The van der Waals surface area contributed by atoms with Crippen molar-refractivity contribution in [2.24, 2.45) is 7.05 Å². The number of carbonyl (C=O) groups excluding carboxylic acids is 3. The summed E-state index contributed by atoms with van der Waals surface area (Å²) in [4.78, 5) is 48.3. The predicted molar refractivity (Wildman–Crippen MR) is 143 cm³/mol. The van der Waals surface area contributed by atoms with Gasteiger partial charge < -0.3 is 14.4 Å². The molecule has 3 aromatic rings. The first-order valence-corrected chi connectivity index (χ1v) is 13.2. The van der Waals surface area contributed by atoms with Gasteiger partial charge in [0.05, 0.1) is 17.7 Å². The van der Waals surface area contributed by atoms with Crippen LogP contribution in [0.15, 0.2) is 48.8 Å². The van der Waals surface area contributed by atoms with E-state index in [9.17, 15) is 14.4 Å². The third-order valence-electron chi connectivity index (χ3n) is 7.94. The van der Waals surface area contributed by atoms with Crippen LogP contribution in [-0.4, -0.2) is 81.2 Å². The number of aromatic nitrogens is 2. The molecule has 1 unspecified atom stereocenters. The Morgan fingerprint density at radius 3 is 2.58 bits per heavy atom. The van der Waals surface area contributed by atoms with Crippen LogP contribution in [0.4, 0.5) is 0 Å². The van der Waals surface area contributed by atoms with E-state index in [0.29, 0.717) is 18.5 Å². The number of fused-ring (bicyclic) bond motifs is 1. The van der Waals surface area contributed by atoms with Gasteiger partial charge >= 0.3 is 0 Å². The van der Waals surface area contributed by atoms with E-state index in [0.717, 1.165) is 60.8 Å². The largest absolute Gasteiger partial charge is 0.333 e. The van der Waals surface area contributed by atoms with Crippen molar-refractivity contribution >= 4 is 17.7 Å². The zero-order chi connectivity index (χ0) is 26.4. The van der Waals surface area contributed by atoms with Crippen molar-refractivity contribution in [1.29, 1.82) is 0 Å². The maximum Gasteiger partial charge on any atom is 0.255 e. The van der Waals surface area contributed by atoms with E-state index in [-0.39, 0.29) is 18.2 Å². The number of imide groups is 1. The standard InChI is InChI=1S/C29H32N6O3/c1-32-10-12-34(13-11-32)16-19-4-3-5-21(14-19)27-26(30-18-33(27)2)20-6-7-23-22(15-20)17-35(29(23)38)24-8-9-25(36)31-28(24)37/h3-7,14-15,18,24H,8-13,16-17H2,1-2H3,(H,31,36,37). The minimum Gasteiger partial charge on any atom is -0.333 e. The van der Waals surface area contributed by atoms with Gasteiger partial charge in [0.25, 0.3) is 5.91 Å². The van der Waals surface area contributed by atoms with E-state index in [2.05, 4.69) is 46.4 Å². The highest BCUT2D eigenvalue weighted by Gasteiger charge is 2.39. The second-order valence-electron chi connectivity index (χ2n) is 10.6. The maximum absolute atomic E-state index is 13.1. The Hall–Kier alpha value is -3.82. The Labute approximate surface area is 222 Å². The van der Waals surface area contributed by atoms with Gasteiger partial charge in [-0.1, -0.05) is 24.3 Å². The van der Waals surface area contributed by atoms with Gasteiger partial charge in [-0.3, -0.25) is 24.6 Å². The van der Waals surface area contributed by atoms with Crippen LogP contribution >= 0.6 is 0 Å². The van der Waals surface area contributed by atoms with Crippen LogP contribution in [0.3, 0.4) is 0 Å². The molecule has 9 nitrogen and oxygen atoms in total. The molecular formula is C29H32N6O3. The molecule has 4 heterocycles. The molecule has 0 radical (unpaired) electrons. The minimum atomic E-state index is -0.621. The molecule has 2 aromatic carbocycles. The number of piperidine rings is 1. The van der Waals surface area contributed by atoms with Crippen molar-refractivity contribution in [3.63, 3.8) is 0 Å². The number of piperazine rings is 1. The lowest BCUT2D eigenvalue weighted by Gasteiger charge is -2.32. The van der Waals surface area contributed by atoms with Crippen molar-refractivity contribution in [2.75, 3.05) is 33.2 Å². The molecule has 2 saturated heterocycles. The van der Waals surface area contributed by atoms with Gasteiger partial charge in [-0.2, -0.15) is 0 Å². The molecule has 196 valence electrons. The lowest BCUT2D eigenvalue weighted by molar-refractivity contribution is -0.136. The maximum atomic E-state index is 13.1. The number of amides is 3. The molecule has 9 heteroatoms. The smallest absolute Gasteiger partial charge is 0.255 e. The lowest BCUT2D eigenvalue weighted by Crippen LogP contribution is -2.52. The van der Waals surface area contributed by atoms with E-state index in [4.69, 9.17) is 4.98 Å². The molecule has 1 aromatic heterocycles. The highest BCUT2D eigenvalue weighted by atomic mass is 16.2. The first kappa shape index (κ1) is 24.5. The highest BCUT2D eigenvalue weighted by molar-refractivity contribution is 6.05. The first-order chi connectivity index (χ1) is 18.4. The Kier molecular flexibility index (Phi) is 6.33. The summed E-state index contributed by atoms with van der Waals surface area (Å²) >= 11 is 0. The summed E-state index contributed by atoms with van der Waals surface area (Å²) in [5.41, 5.74) is 6.67. The van der Waals surface area contributed by atoms with Crippen molar-refractivity contribution in [1.82, 2.24) is 29.6 Å². The highest BCUT2D eigenvalue weighted by Crippen LogP contribution is 2.35. The van der Waals surface area contributed by atoms with Crippen molar-refractivity contribution < 1.29 is 14.4 Å². The first-order valence-electron chi connectivity index (χ1n) is 13.2. The zero-order valence-electron chi connectivity index (χ0n) is 21.8. The number of carbonyl (C=O) groups is 3. The topological polar surface area (TPSA) is 90.8 Å². The van der Waals surface area contributed by atoms with Crippen molar-refractivity contribution in [3.05, 3.63) is 65.5 Å². The molecule has 38 heavy (non-hydrogen) atoms. The molecule has 1 N–H and O–H groups in total. The number of nitrogens with zero attached hydrogens (tertiary/aromatic N) is 5. The third kappa shape index (κ3) is 4.52. The number of imidazole rings is 1. The van der Waals surface area contributed by atoms with E-state index in [1.165, 1.54) is 5.56 Å². The van der Waals surface area contributed by atoms with Crippen LogP contribution in [-0.2, 0) is 29.7 Å². The molecule has 3 aliphatic rings. The lowest BCUT2D eigenvalue weighted by atomic mass is 9.99. The molecule has 0 spiro atoms. The SMILES string of the molecule is CN1CCN(Cc2cccc(-c3c(-c4ccc5c(c4)CN(C4CCC(=O)NC4=O)C5=O)ncn3C)c2)CC1. The van der Waals surface area contributed by atoms with Crippen LogP contribution in [0.5, 0.6) is 0 Å². The van der Waals surface area contributed by atoms with Crippen LogP contribution in [0.1, 0.15) is 34.3 Å². The monoisotopic (exact) mass is 512 g/mol. The fraction of sp³-hybridized carbons (Fsp3) is 0.379. The summed E-state index contributed by atoms with van der Waals surface area (Å²) in [6.45, 7) is 5.59. The number of benzene rings is 2. The van der Waals surface area contributed by atoms with Crippen LogP contribution in [0.25, 0.3) is 22.5 Å². The average Bonchev–Trinajstić information content (AvgIpc) is 3.45. The Morgan fingerprint density at radius 2 is 1.79 bits per heavy atom. The van der Waals surface area contributed by atoms with Crippen LogP contribution < -0.4 is 5.32 Å². The summed E-state index contributed by atoms with van der Waals surface area (Å²) in [7, 11) is 4.17. The number of aryl methyl sites for hydroxylation is 1. The van der Waals surface area contributed by atoms with Crippen LogP contribution in [0.2, 0.25) is 0 Å².